The molecule has 0 aliphatic rings. The van der Waals surface area contributed by atoms with Gasteiger partial charge in [0.05, 0.1) is 85.3 Å². The Hall–Kier alpha value is -12.9. The number of aromatic amines is 2. The van der Waals surface area contributed by atoms with E-state index in [1.165, 1.54) is 62.6 Å². The Morgan fingerprint density at radius 1 is 0.558 bits per heavy atom. The summed E-state index contributed by atoms with van der Waals surface area (Å²) in [6.45, 7) is 2.58. The summed E-state index contributed by atoms with van der Waals surface area (Å²) in [5.41, 5.74) is 18.6. The fourth-order valence-corrected chi connectivity index (χ4v) is 14.2. The number of benzene rings is 2. The van der Waals surface area contributed by atoms with Crippen molar-refractivity contribution in [2.24, 2.45) is 29.4 Å². The molecule has 604 valence electrons. The molecule has 0 radical (unpaired) electrons. The van der Waals surface area contributed by atoms with Gasteiger partial charge < -0.3 is 89.8 Å². The van der Waals surface area contributed by atoms with Gasteiger partial charge in [0.2, 0.25) is 29.6 Å². The van der Waals surface area contributed by atoms with Crippen LogP contribution in [0.1, 0.15) is 135 Å². The van der Waals surface area contributed by atoms with Crippen molar-refractivity contribution in [3.63, 3.8) is 0 Å². The Bertz CT molecular complexity index is 4740. The molecule has 0 saturated carbocycles. The van der Waals surface area contributed by atoms with Crippen LogP contribution in [-0.2, 0) is 81.7 Å². The SMILES string of the molecule is CC(C)(SSC[C@H](NC(=O)CC[C@H](CC(=O)c1ccc(CCc2cnc3nc(N)[nH]c(=N)c3n2)cc1)C(=O)O)C(=O)O)[C@H](CC(=O)[C@H](CC(=O)O)NC(=O)[C@H](CC(=O)O)CC(=O)[C@H](CCCNC(=N)N)NC(=O)[C@H](CC(=O)O)CC(=O)CC[C@H](NC(=O)c1ccc(NCc2cnc3nc(N)[nH]c(=O)c3n2)cc1)C(=O)O)C(=O)O. The number of nitrogens with one attached hydrogen (secondary N) is 10. The number of carbonyl (C=O) groups excluding carboxylic acids is 8. The number of carboxylic acid groups (broad SMARTS) is 7. The number of aromatic nitrogens is 8. The third kappa shape index (κ3) is 28.5. The third-order valence-corrected chi connectivity index (χ3v) is 20.7. The summed E-state index contributed by atoms with van der Waals surface area (Å²) in [4.78, 5) is 238. The normalized spacial score (nSPS) is 13.4. The quantitative estimate of drug-likeness (QED) is 0.00805. The fourth-order valence-electron chi connectivity index (χ4n) is 11.3. The second-order valence-electron chi connectivity index (χ2n) is 26.4. The molecule has 42 nitrogen and oxygen atoms in total. The van der Waals surface area contributed by atoms with Crippen molar-refractivity contribution in [1.82, 2.24) is 66.5 Å². The van der Waals surface area contributed by atoms with Gasteiger partial charge in [0.25, 0.3) is 11.5 Å². The van der Waals surface area contributed by atoms with Crippen LogP contribution in [0, 0.1) is 34.5 Å². The summed E-state index contributed by atoms with van der Waals surface area (Å²) in [7, 11) is 1.47. The molecule has 8 atom stereocenters. The number of aliphatic carboxylic acids is 7. The number of rotatable bonds is 49. The molecule has 6 aromatic rings. The zero-order valence-electron chi connectivity index (χ0n) is 60.5. The van der Waals surface area contributed by atoms with Crippen molar-refractivity contribution in [1.29, 1.82) is 10.8 Å². The van der Waals surface area contributed by atoms with Gasteiger partial charge in [-0.1, -0.05) is 45.9 Å². The number of nitrogens with two attached hydrogens (primary N) is 3. The molecule has 0 saturated heterocycles. The average Bonchev–Trinajstić information content (AvgIpc) is 0.818. The molecule has 6 rings (SSSR count). The van der Waals surface area contributed by atoms with Crippen LogP contribution in [0.25, 0.3) is 22.3 Å². The minimum absolute atomic E-state index is 0.00586. The lowest BCUT2D eigenvalue weighted by Gasteiger charge is -2.31. The highest BCUT2D eigenvalue weighted by molar-refractivity contribution is 8.77. The first kappa shape index (κ1) is 89.0. The van der Waals surface area contributed by atoms with E-state index in [1.54, 1.807) is 12.1 Å². The molecule has 0 aliphatic heterocycles. The number of hydrogen-bond donors (Lipinski definition) is 20. The van der Waals surface area contributed by atoms with E-state index in [9.17, 15) is 112 Å². The molecule has 23 N–H and O–H groups in total. The molecule has 4 amide bonds. The smallest absolute Gasteiger partial charge is 0.327 e. The van der Waals surface area contributed by atoms with E-state index in [2.05, 4.69) is 71.8 Å². The molecule has 0 spiro atoms. The van der Waals surface area contributed by atoms with Crippen LogP contribution in [0.5, 0.6) is 0 Å². The highest BCUT2D eigenvalue weighted by Crippen LogP contribution is 2.43. The van der Waals surface area contributed by atoms with Gasteiger partial charge >= 0.3 is 41.8 Å². The van der Waals surface area contributed by atoms with Crippen molar-refractivity contribution >= 4 is 156 Å². The molecule has 4 heterocycles. The zero-order valence-corrected chi connectivity index (χ0v) is 62.1. The summed E-state index contributed by atoms with van der Waals surface area (Å²) in [6, 6.07) is 4.78. The number of fused-ring (bicyclic) bond motifs is 2. The number of nitrogens with zero attached hydrogens (tertiary/aromatic N) is 6. The summed E-state index contributed by atoms with van der Waals surface area (Å²) in [6.07, 6.45) is -5.88. The predicted octanol–water partition coefficient (Wildman–Crippen LogP) is 0.335. The topological polar surface area (TPSA) is 722 Å². The van der Waals surface area contributed by atoms with E-state index < -0.39 is 229 Å². The number of anilines is 3. The van der Waals surface area contributed by atoms with Crippen LogP contribution in [-0.4, -0.2) is 211 Å². The lowest BCUT2D eigenvalue weighted by Crippen LogP contribution is -2.49. The van der Waals surface area contributed by atoms with Crippen molar-refractivity contribution in [3.8, 4) is 0 Å². The molecule has 0 aliphatic carbocycles. The molecule has 0 bridgehead atoms. The first-order chi connectivity index (χ1) is 53.2. The van der Waals surface area contributed by atoms with E-state index in [0.29, 0.717) is 29.9 Å². The van der Waals surface area contributed by atoms with Crippen molar-refractivity contribution in [2.75, 3.05) is 29.1 Å². The monoisotopic (exact) mass is 1610 g/mol. The van der Waals surface area contributed by atoms with E-state index in [-0.39, 0.29) is 76.8 Å². The number of aryl methyl sites for hydroxylation is 2. The van der Waals surface area contributed by atoms with Crippen LogP contribution in [0.15, 0.2) is 65.7 Å². The molecule has 0 fully saturated rings. The molecule has 113 heavy (non-hydrogen) atoms. The van der Waals surface area contributed by atoms with Gasteiger partial charge in [0.1, 0.15) is 17.9 Å². The van der Waals surface area contributed by atoms with Gasteiger partial charge in [-0.2, -0.15) is 9.97 Å². The Morgan fingerprint density at radius 2 is 1.12 bits per heavy atom. The Kier molecular flexibility index (Phi) is 32.9. The number of H-pyrrole nitrogens is 2. The maximum absolute atomic E-state index is 14.2. The van der Waals surface area contributed by atoms with Crippen LogP contribution < -0.4 is 60.1 Å². The molecule has 4 aromatic heterocycles. The predicted molar refractivity (Wildman–Crippen MR) is 400 cm³/mol. The fraction of sp³-hybridized carbons (Fsp3) is 0.420. The Balaban J connectivity index is 1.02. The molecule has 2 aromatic carbocycles. The molecule has 0 unspecified atom stereocenters. The first-order valence-corrected chi connectivity index (χ1v) is 36.8. The van der Waals surface area contributed by atoms with Crippen LogP contribution in [0.2, 0.25) is 0 Å². The standard InChI is InChI=1S/C69H83N19O23S2/c1-69(2,113-112-30-45(65(110)111)81-49(93)18-12-34(62(104)105)21-46(90)32-8-5-31(6-9-32)7-13-38-27-77-56-53(79-38)55(70)85-67(73)86-56)41(63(106)107)25-48(92)44(26-52(98)99)84-60(102)36(24-51(96)97)22-47(91)42(4-3-19-75-66(71)72)82-59(101)35(23-50(94)95)20-40(89)16-17-43(64(108)109)83-58(100)33-10-14-37(15-11-33)76-28-39-29-78-57-54(80-39)61(103)88-68(74)87-57/h5-6,8-11,14-15,27,29,34-36,41-45,76H,3-4,7,12-13,16-26,28,30H2,1-2H3,(H,81,93)(H,82,101)(H,83,100)(H,84,102)(H,94,95)(H,96,97)(H,98,99)(H,104,105)(H,106,107)(H,108,109)(H,110,111)(H4,71,72,75)(H4,70,73,77,85,86)(H3,74,78,87,88,103)/t34-,35+,36+,41-,42+,43+,44+,45+/m1/s1. The minimum Gasteiger partial charge on any atom is -0.481 e. The summed E-state index contributed by atoms with van der Waals surface area (Å²) in [5, 5.41) is 100. The number of nitrogen functional groups attached to an aromatic ring is 2. The number of Topliss-reactive ketones (excluding diaryl/α,β-unsaturated/α-hetero) is 4. The summed E-state index contributed by atoms with van der Waals surface area (Å²) >= 11 is 0. The van der Waals surface area contributed by atoms with Gasteiger partial charge in [-0.3, -0.25) is 82.9 Å². The maximum Gasteiger partial charge on any atom is 0.327 e. The van der Waals surface area contributed by atoms with Crippen molar-refractivity contribution in [3.05, 3.63) is 105 Å². The number of amides is 4. The molecular weight excluding hydrogens is 1530 g/mol. The second kappa shape index (κ2) is 41.8. The van der Waals surface area contributed by atoms with E-state index in [4.69, 9.17) is 28.0 Å². The number of ketones is 4. The van der Waals surface area contributed by atoms with Crippen LogP contribution in [0.4, 0.5) is 17.6 Å². The third-order valence-electron chi connectivity index (χ3n) is 17.4. The average molecular weight is 1610 g/mol. The lowest BCUT2D eigenvalue weighted by atomic mass is 9.87. The largest absolute Gasteiger partial charge is 0.481 e. The first-order valence-electron chi connectivity index (χ1n) is 34.5. The number of hydrogen-bond acceptors (Lipinski definition) is 29. The van der Waals surface area contributed by atoms with Crippen LogP contribution >= 0.6 is 21.6 Å². The minimum atomic E-state index is -2.10. The van der Waals surface area contributed by atoms with Gasteiger partial charge in [0, 0.05) is 72.4 Å². The summed E-state index contributed by atoms with van der Waals surface area (Å²) < 4.78 is -1.57. The number of guanidine groups is 1. The second-order valence-corrected chi connectivity index (χ2v) is 29.4. The van der Waals surface area contributed by atoms with Gasteiger partial charge in [-0.15, -0.1) is 0 Å². The number of carboxylic acids is 7. The van der Waals surface area contributed by atoms with E-state index in [1.807, 2.05) is 0 Å². The maximum atomic E-state index is 14.2. The van der Waals surface area contributed by atoms with Gasteiger partial charge in [-0.05, 0) is 82.2 Å². The van der Waals surface area contributed by atoms with Crippen LogP contribution in [0.3, 0.4) is 0 Å². The van der Waals surface area contributed by atoms with Crippen molar-refractivity contribution in [2.45, 2.75) is 146 Å². The highest BCUT2D eigenvalue weighted by atomic mass is 33.1. The summed E-state index contributed by atoms with van der Waals surface area (Å²) in [5.74, 6) is -27.5. The van der Waals surface area contributed by atoms with E-state index >= 15 is 0 Å². The highest BCUT2D eigenvalue weighted by Gasteiger charge is 2.42. The molecule has 44 heteroatoms. The Labute approximate surface area is 647 Å². The molecular formula is C69H83N19O23S2. The van der Waals surface area contributed by atoms with Crippen molar-refractivity contribution < 1.29 is 108 Å². The van der Waals surface area contributed by atoms with Gasteiger partial charge in [0.15, 0.2) is 51.1 Å². The lowest BCUT2D eigenvalue weighted by molar-refractivity contribution is -0.146. The zero-order chi connectivity index (χ0) is 83.6. The number of carbonyl (C=O) groups is 15. The van der Waals surface area contributed by atoms with Gasteiger partial charge in [-0.25, -0.2) is 29.5 Å². The van der Waals surface area contributed by atoms with E-state index in [0.717, 1.165) is 27.2 Å². The Morgan fingerprint density at radius 3 is 1.72 bits per heavy atom.